The van der Waals surface area contributed by atoms with E-state index in [0.717, 1.165) is 6.92 Å². The highest BCUT2D eigenvalue weighted by Crippen LogP contribution is 2.13. The molecule has 0 saturated heterocycles. The molecule has 0 aliphatic heterocycles. The van der Waals surface area contributed by atoms with Gasteiger partial charge >= 0.3 is 11.9 Å². The number of carbonyl (C=O) groups is 2. The average Bonchev–Trinajstić information content (AvgIpc) is 2.18. The maximum absolute atomic E-state index is 12.4. The summed E-state index contributed by atoms with van der Waals surface area (Å²) in [6.07, 6.45) is -1.70. The number of rotatable bonds is 3. The molecule has 0 heterocycles. The highest BCUT2D eigenvalue weighted by Gasteiger charge is 2.13. The Labute approximate surface area is 85.3 Å². The van der Waals surface area contributed by atoms with Crippen LogP contribution < -0.4 is 4.74 Å². The number of carbonyl (C=O) groups excluding carboxylic acids is 1. The summed E-state index contributed by atoms with van der Waals surface area (Å²) in [5.74, 6) is -1.96. The van der Waals surface area contributed by atoms with Gasteiger partial charge < -0.3 is 9.84 Å². The van der Waals surface area contributed by atoms with Gasteiger partial charge in [-0.3, -0.25) is 0 Å². The molecule has 1 aromatic rings. The van der Waals surface area contributed by atoms with Crippen molar-refractivity contribution in [3.8, 4) is 5.75 Å². The van der Waals surface area contributed by atoms with Crippen molar-refractivity contribution in [2.75, 3.05) is 0 Å². The zero-order valence-electron chi connectivity index (χ0n) is 7.94. The van der Waals surface area contributed by atoms with Gasteiger partial charge in [0, 0.05) is 0 Å². The molecule has 0 saturated carbocycles. The van der Waals surface area contributed by atoms with Gasteiger partial charge in [-0.05, 0) is 31.2 Å². The molecule has 15 heavy (non-hydrogen) atoms. The van der Waals surface area contributed by atoms with Crippen molar-refractivity contribution in [2.24, 2.45) is 0 Å². The Kier molecular flexibility index (Phi) is 3.38. The molecular weight excluding hydrogens is 203 g/mol. The zero-order valence-corrected chi connectivity index (χ0v) is 7.94. The third-order valence-corrected chi connectivity index (χ3v) is 1.64. The molecule has 1 unspecified atom stereocenters. The van der Waals surface area contributed by atoms with Gasteiger partial charge in [0.25, 0.3) is 0 Å². The lowest BCUT2D eigenvalue weighted by molar-refractivity contribution is -0.139. The molecule has 5 heteroatoms. The molecule has 0 aliphatic carbocycles. The van der Waals surface area contributed by atoms with Crippen LogP contribution in [0.4, 0.5) is 4.39 Å². The zero-order chi connectivity index (χ0) is 11.4. The summed E-state index contributed by atoms with van der Waals surface area (Å²) < 4.78 is 17.0. The van der Waals surface area contributed by atoms with Gasteiger partial charge in [-0.1, -0.05) is 0 Å². The van der Waals surface area contributed by atoms with E-state index in [1.54, 1.807) is 0 Å². The highest BCUT2D eigenvalue weighted by atomic mass is 19.1. The summed E-state index contributed by atoms with van der Waals surface area (Å²) in [6.45, 7) is 1.06. The number of aromatic carboxylic acids is 1. The van der Waals surface area contributed by atoms with Crippen LogP contribution in [-0.4, -0.2) is 23.2 Å². The van der Waals surface area contributed by atoms with E-state index in [-0.39, 0.29) is 11.3 Å². The number of carboxylic acid groups (broad SMARTS) is 1. The summed E-state index contributed by atoms with van der Waals surface area (Å²) in [5.41, 5.74) is 0.0723. The second-order valence-electron chi connectivity index (χ2n) is 2.87. The normalized spacial score (nSPS) is 11.9. The number of hydrogen-bond acceptors (Lipinski definition) is 3. The van der Waals surface area contributed by atoms with Crippen molar-refractivity contribution in [3.63, 3.8) is 0 Å². The minimum atomic E-state index is -1.70. The monoisotopic (exact) mass is 212 g/mol. The number of benzene rings is 1. The van der Waals surface area contributed by atoms with Crippen molar-refractivity contribution in [3.05, 3.63) is 29.8 Å². The van der Waals surface area contributed by atoms with E-state index in [1.807, 2.05) is 0 Å². The Morgan fingerprint density at radius 1 is 1.33 bits per heavy atom. The van der Waals surface area contributed by atoms with Gasteiger partial charge in [-0.2, -0.15) is 0 Å². The van der Waals surface area contributed by atoms with Crippen LogP contribution in [-0.2, 0) is 4.79 Å². The van der Waals surface area contributed by atoms with Gasteiger partial charge in [0.05, 0.1) is 5.56 Å². The summed E-state index contributed by atoms with van der Waals surface area (Å²) in [6, 6.07) is 5.13. The molecule has 1 rings (SSSR count). The summed E-state index contributed by atoms with van der Waals surface area (Å²) in [7, 11) is 0. The quantitative estimate of drug-likeness (QED) is 0.611. The van der Waals surface area contributed by atoms with Crippen LogP contribution in [0.5, 0.6) is 5.75 Å². The van der Waals surface area contributed by atoms with Gasteiger partial charge in [-0.15, -0.1) is 0 Å². The number of esters is 1. The molecule has 0 aromatic heterocycles. The van der Waals surface area contributed by atoms with Crippen LogP contribution in [0, 0.1) is 0 Å². The van der Waals surface area contributed by atoms with Gasteiger partial charge in [0.2, 0.25) is 0 Å². The van der Waals surface area contributed by atoms with E-state index in [1.165, 1.54) is 24.3 Å². The molecular formula is C10H9FO4. The molecule has 1 atom stereocenters. The second kappa shape index (κ2) is 4.54. The van der Waals surface area contributed by atoms with E-state index in [0.29, 0.717) is 0 Å². The minimum absolute atomic E-state index is 0.0723. The minimum Gasteiger partial charge on any atom is -0.478 e. The van der Waals surface area contributed by atoms with Gasteiger partial charge in [0.15, 0.2) is 6.17 Å². The van der Waals surface area contributed by atoms with E-state index >= 15 is 0 Å². The van der Waals surface area contributed by atoms with Crippen molar-refractivity contribution in [1.29, 1.82) is 0 Å². The van der Waals surface area contributed by atoms with E-state index in [9.17, 15) is 14.0 Å². The summed E-state index contributed by atoms with van der Waals surface area (Å²) in [4.78, 5) is 21.3. The molecule has 1 N–H and O–H groups in total. The topological polar surface area (TPSA) is 63.6 Å². The fraction of sp³-hybridized carbons (Fsp3) is 0.200. The molecule has 80 valence electrons. The summed E-state index contributed by atoms with van der Waals surface area (Å²) >= 11 is 0. The Morgan fingerprint density at radius 3 is 2.27 bits per heavy atom. The third-order valence-electron chi connectivity index (χ3n) is 1.64. The number of alkyl halides is 1. The first kappa shape index (κ1) is 11.2. The van der Waals surface area contributed by atoms with Crippen LogP contribution >= 0.6 is 0 Å². The maximum atomic E-state index is 12.4. The van der Waals surface area contributed by atoms with E-state index < -0.39 is 18.1 Å². The maximum Gasteiger partial charge on any atom is 0.345 e. The largest absolute Gasteiger partial charge is 0.478 e. The van der Waals surface area contributed by atoms with E-state index in [4.69, 9.17) is 5.11 Å². The lowest BCUT2D eigenvalue weighted by atomic mass is 10.2. The second-order valence-corrected chi connectivity index (χ2v) is 2.87. The first-order valence-corrected chi connectivity index (χ1v) is 4.20. The predicted octanol–water partition coefficient (Wildman–Crippen LogP) is 1.65. The smallest absolute Gasteiger partial charge is 0.345 e. The molecule has 0 aliphatic rings. The van der Waals surface area contributed by atoms with Crippen molar-refractivity contribution in [1.82, 2.24) is 0 Å². The van der Waals surface area contributed by atoms with Crippen molar-refractivity contribution in [2.45, 2.75) is 13.1 Å². The Morgan fingerprint density at radius 2 is 1.87 bits per heavy atom. The molecule has 0 bridgehead atoms. The number of halogens is 1. The predicted molar refractivity (Wildman–Crippen MR) is 49.6 cm³/mol. The molecule has 0 radical (unpaired) electrons. The van der Waals surface area contributed by atoms with Gasteiger partial charge in [0.1, 0.15) is 5.75 Å². The average molecular weight is 212 g/mol. The van der Waals surface area contributed by atoms with Gasteiger partial charge in [-0.25, -0.2) is 14.0 Å². The van der Waals surface area contributed by atoms with Crippen molar-refractivity contribution < 1.29 is 23.8 Å². The van der Waals surface area contributed by atoms with Crippen LogP contribution in [0.3, 0.4) is 0 Å². The van der Waals surface area contributed by atoms with Crippen LogP contribution in [0.1, 0.15) is 17.3 Å². The number of hydrogen-bond donors (Lipinski definition) is 1. The Hall–Kier alpha value is -1.91. The molecule has 0 spiro atoms. The lowest BCUT2D eigenvalue weighted by Gasteiger charge is -2.04. The van der Waals surface area contributed by atoms with Crippen LogP contribution in [0.2, 0.25) is 0 Å². The standard InChI is InChI=1S/C10H9FO4/c1-6(11)10(14)15-8-4-2-7(3-5-8)9(12)13/h2-6H,1H3,(H,12,13). The van der Waals surface area contributed by atoms with Crippen molar-refractivity contribution >= 4 is 11.9 Å². The molecule has 1 aromatic carbocycles. The Bertz CT molecular complexity index is 370. The Balaban J connectivity index is 2.73. The number of ether oxygens (including phenoxy) is 1. The first-order valence-electron chi connectivity index (χ1n) is 4.20. The highest BCUT2D eigenvalue weighted by molar-refractivity contribution is 5.87. The third kappa shape index (κ3) is 3.05. The SMILES string of the molecule is CC(F)C(=O)Oc1ccc(C(=O)O)cc1. The fourth-order valence-electron chi connectivity index (χ4n) is 0.863. The molecule has 0 fully saturated rings. The van der Waals surface area contributed by atoms with E-state index in [2.05, 4.69) is 4.74 Å². The molecule has 4 nitrogen and oxygen atoms in total. The van der Waals surface area contributed by atoms with Crippen LogP contribution in [0.15, 0.2) is 24.3 Å². The molecule has 0 amide bonds. The first-order chi connectivity index (χ1) is 7.00. The summed E-state index contributed by atoms with van der Waals surface area (Å²) in [5, 5.41) is 8.58. The lowest BCUT2D eigenvalue weighted by Crippen LogP contribution is -2.18. The number of carboxylic acids is 1. The fourth-order valence-corrected chi connectivity index (χ4v) is 0.863. The van der Waals surface area contributed by atoms with Crippen LogP contribution in [0.25, 0.3) is 0 Å².